The van der Waals surface area contributed by atoms with E-state index in [0.717, 1.165) is 31.0 Å². The van der Waals surface area contributed by atoms with Crippen LogP contribution in [0.3, 0.4) is 0 Å². The highest BCUT2D eigenvalue weighted by molar-refractivity contribution is 5.78. The van der Waals surface area contributed by atoms with E-state index >= 15 is 0 Å². The lowest BCUT2D eigenvalue weighted by Gasteiger charge is -2.07. The van der Waals surface area contributed by atoms with Gasteiger partial charge in [-0.15, -0.1) is 0 Å². The van der Waals surface area contributed by atoms with Crippen LogP contribution in [0.25, 0.3) is 0 Å². The average molecular weight is 316 g/mol. The first kappa shape index (κ1) is 14.8. The summed E-state index contributed by atoms with van der Waals surface area (Å²) in [5.74, 6) is 0.980. The minimum absolute atomic E-state index is 0.606. The molecule has 0 bridgehead atoms. The van der Waals surface area contributed by atoms with Crippen molar-refractivity contribution < 1.29 is 4.74 Å². The molecule has 1 aliphatic rings. The average Bonchev–Trinajstić information content (AvgIpc) is 2.90. The summed E-state index contributed by atoms with van der Waals surface area (Å²) in [6.45, 7) is 2.24. The Hall–Kier alpha value is -2.81. The standard InChI is InChI=1S/C21H20N2O/c1-2-6-17(7-3-1)12-13-22-14-19-10-11-20-16-24-21-9-5-4-8-18(21)15-23(19)20/h1-11,14H,12-13,15-16H2. The number of benzene rings is 2. The highest BCUT2D eigenvalue weighted by atomic mass is 16.5. The number of fused-ring (bicyclic) bond motifs is 2. The van der Waals surface area contributed by atoms with Crippen LogP contribution in [0.1, 0.15) is 22.5 Å². The van der Waals surface area contributed by atoms with Gasteiger partial charge in [0, 0.05) is 18.3 Å². The number of para-hydroxylation sites is 1. The fourth-order valence-electron chi connectivity index (χ4n) is 3.05. The van der Waals surface area contributed by atoms with Crippen LogP contribution in [0, 0.1) is 0 Å². The van der Waals surface area contributed by atoms with Crippen LogP contribution in [0.15, 0.2) is 71.7 Å². The van der Waals surface area contributed by atoms with Crippen molar-refractivity contribution in [3.05, 3.63) is 89.2 Å². The third-order valence-electron chi connectivity index (χ3n) is 4.38. The van der Waals surface area contributed by atoms with E-state index in [0.29, 0.717) is 6.61 Å². The van der Waals surface area contributed by atoms with Gasteiger partial charge < -0.3 is 9.30 Å². The molecule has 3 nitrogen and oxygen atoms in total. The van der Waals surface area contributed by atoms with E-state index in [1.807, 2.05) is 24.4 Å². The Kier molecular flexibility index (Phi) is 4.15. The van der Waals surface area contributed by atoms with Gasteiger partial charge in [0.1, 0.15) is 12.4 Å². The molecule has 24 heavy (non-hydrogen) atoms. The van der Waals surface area contributed by atoms with Crippen LogP contribution >= 0.6 is 0 Å². The van der Waals surface area contributed by atoms with Gasteiger partial charge in [-0.25, -0.2) is 0 Å². The normalized spacial score (nSPS) is 13.2. The molecule has 0 fully saturated rings. The summed E-state index contributed by atoms with van der Waals surface area (Å²) >= 11 is 0. The molecule has 0 spiro atoms. The van der Waals surface area contributed by atoms with E-state index in [2.05, 4.69) is 58.1 Å². The van der Waals surface area contributed by atoms with E-state index in [1.165, 1.54) is 16.8 Å². The summed E-state index contributed by atoms with van der Waals surface area (Å²) in [5, 5.41) is 0. The molecule has 2 aromatic carbocycles. The van der Waals surface area contributed by atoms with Crippen molar-refractivity contribution >= 4 is 6.21 Å². The van der Waals surface area contributed by atoms with Crippen molar-refractivity contribution in [1.29, 1.82) is 0 Å². The second kappa shape index (κ2) is 6.75. The number of nitrogens with zero attached hydrogens (tertiary/aromatic N) is 2. The van der Waals surface area contributed by atoms with Gasteiger partial charge in [-0.1, -0.05) is 48.5 Å². The fourth-order valence-corrected chi connectivity index (χ4v) is 3.05. The number of ether oxygens (including phenoxy) is 1. The zero-order chi connectivity index (χ0) is 16.2. The molecule has 0 saturated heterocycles. The first-order chi connectivity index (χ1) is 11.9. The molecule has 0 saturated carbocycles. The van der Waals surface area contributed by atoms with E-state index in [1.54, 1.807) is 0 Å². The Morgan fingerprint density at radius 1 is 0.958 bits per heavy atom. The van der Waals surface area contributed by atoms with Crippen LogP contribution in [0.5, 0.6) is 5.75 Å². The van der Waals surface area contributed by atoms with Crippen molar-refractivity contribution in [3.8, 4) is 5.75 Å². The van der Waals surface area contributed by atoms with Crippen LogP contribution in [-0.2, 0) is 19.6 Å². The summed E-state index contributed by atoms with van der Waals surface area (Å²) < 4.78 is 8.20. The Morgan fingerprint density at radius 3 is 2.71 bits per heavy atom. The summed E-state index contributed by atoms with van der Waals surface area (Å²) in [6, 6.07) is 23.0. The molecule has 1 aromatic heterocycles. The Balaban J connectivity index is 1.48. The number of aromatic nitrogens is 1. The topological polar surface area (TPSA) is 26.5 Å². The molecule has 1 aliphatic heterocycles. The largest absolute Gasteiger partial charge is 0.487 e. The second-order valence-electron chi connectivity index (χ2n) is 6.00. The summed E-state index contributed by atoms with van der Waals surface area (Å²) in [7, 11) is 0. The smallest absolute Gasteiger partial charge is 0.128 e. The van der Waals surface area contributed by atoms with Gasteiger partial charge in [0.2, 0.25) is 0 Å². The number of aliphatic imine (C=N–C) groups is 1. The van der Waals surface area contributed by atoms with Crippen molar-refractivity contribution in [2.45, 2.75) is 19.6 Å². The van der Waals surface area contributed by atoms with Gasteiger partial charge in [0.15, 0.2) is 0 Å². The SMILES string of the molecule is C(=NCCc1ccccc1)c1ccc2n1Cc1ccccc1OC2. The maximum Gasteiger partial charge on any atom is 0.128 e. The number of hydrogen-bond acceptors (Lipinski definition) is 2. The zero-order valence-electron chi connectivity index (χ0n) is 13.6. The van der Waals surface area contributed by atoms with Crippen molar-refractivity contribution in [2.24, 2.45) is 4.99 Å². The lowest BCUT2D eigenvalue weighted by Crippen LogP contribution is -2.06. The minimum Gasteiger partial charge on any atom is -0.487 e. The molecular formula is C21H20N2O. The first-order valence-electron chi connectivity index (χ1n) is 8.33. The molecular weight excluding hydrogens is 296 g/mol. The summed E-state index contributed by atoms with van der Waals surface area (Å²) in [5.41, 5.74) is 4.87. The quantitative estimate of drug-likeness (QED) is 0.666. The van der Waals surface area contributed by atoms with Gasteiger partial charge in [-0.3, -0.25) is 4.99 Å². The van der Waals surface area contributed by atoms with E-state index < -0.39 is 0 Å². The molecule has 0 radical (unpaired) electrons. The lowest BCUT2D eigenvalue weighted by molar-refractivity contribution is 0.303. The van der Waals surface area contributed by atoms with Crippen molar-refractivity contribution in [2.75, 3.05) is 6.54 Å². The van der Waals surface area contributed by atoms with E-state index in [4.69, 9.17) is 4.74 Å². The van der Waals surface area contributed by atoms with Crippen LogP contribution < -0.4 is 4.74 Å². The molecule has 0 unspecified atom stereocenters. The van der Waals surface area contributed by atoms with Gasteiger partial charge >= 0.3 is 0 Å². The molecule has 0 N–H and O–H groups in total. The third kappa shape index (κ3) is 3.11. The maximum atomic E-state index is 5.91. The van der Waals surface area contributed by atoms with Crippen LogP contribution in [0.2, 0.25) is 0 Å². The van der Waals surface area contributed by atoms with Crippen molar-refractivity contribution in [3.63, 3.8) is 0 Å². The highest BCUT2D eigenvalue weighted by Gasteiger charge is 2.15. The predicted molar refractivity (Wildman–Crippen MR) is 96.9 cm³/mol. The molecule has 0 atom stereocenters. The molecule has 120 valence electrons. The van der Waals surface area contributed by atoms with Gasteiger partial charge in [0.05, 0.1) is 17.9 Å². The lowest BCUT2D eigenvalue weighted by atomic mass is 10.2. The second-order valence-corrected chi connectivity index (χ2v) is 6.00. The van der Waals surface area contributed by atoms with Gasteiger partial charge in [-0.05, 0) is 30.2 Å². The van der Waals surface area contributed by atoms with Crippen LogP contribution in [-0.4, -0.2) is 17.3 Å². The number of rotatable bonds is 4. The Morgan fingerprint density at radius 2 is 1.79 bits per heavy atom. The Bertz CT molecular complexity index is 849. The maximum absolute atomic E-state index is 5.91. The molecule has 2 heterocycles. The molecule has 4 rings (SSSR count). The zero-order valence-corrected chi connectivity index (χ0v) is 13.6. The predicted octanol–water partition coefficient (Wildman–Crippen LogP) is 4.09. The van der Waals surface area contributed by atoms with Gasteiger partial charge in [-0.2, -0.15) is 0 Å². The molecule has 3 aromatic rings. The first-order valence-corrected chi connectivity index (χ1v) is 8.33. The highest BCUT2D eigenvalue weighted by Crippen LogP contribution is 2.25. The van der Waals surface area contributed by atoms with E-state index in [9.17, 15) is 0 Å². The molecule has 0 aliphatic carbocycles. The summed E-state index contributed by atoms with van der Waals surface area (Å²) in [4.78, 5) is 4.62. The molecule has 3 heteroatoms. The number of hydrogen-bond donors (Lipinski definition) is 0. The molecule has 0 amide bonds. The minimum atomic E-state index is 0.606. The monoisotopic (exact) mass is 316 g/mol. The fraction of sp³-hybridized carbons (Fsp3) is 0.190. The van der Waals surface area contributed by atoms with Crippen LogP contribution in [0.4, 0.5) is 0 Å². The third-order valence-corrected chi connectivity index (χ3v) is 4.38. The summed E-state index contributed by atoms with van der Waals surface area (Å²) in [6.07, 6.45) is 2.96. The van der Waals surface area contributed by atoms with Gasteiger partial charge in [0.25, 0.3) is 0 Å². The van der Waals surface area contributed by atoms with E-state index in [-0.39, 0.29) is 0 Å². The van der Waals surface area contributed by atoms with Crippen molar-refractivity contribution in [1.82, 2.24) is 4.57 Å². The Labute approximate surface area is 142 Å².